The van der Waals surface area contributed by atoms with Gasteiger partial charge in [-0.1, -0.05) is 57.2 Å². The summed E-state index contributed by atoms with van der Waals surface area (Å²) in [6, 6.07) is 7.94. The van der Waals surface area contributed by atoms with Crippen LogP contribution in [0.2, 0.25) is 5.02 Å². The molecule has 2 atom stereocenters. The van der Waals surface area contributed by atoms with Crippen molar-refractivity contribution in [3.8, 4) is 16.9 Å². The van der Waals surface area contributed by atoms with Gasteiger partial charge in [-0.3, -0.25) is 9.78 Å². The van der Waals surface area contributed by atoms with Crippen molar-refractivity contribution in [2.45, 2.75) is 59.0 Å². The minimum absolute atomic E-state index is 0.0138. The van der Waals surface area contributed by atoms with Gasteiger partial charge in [0.25, 0.3) is 0 Å². The van der Waals surface area contributed by atoms with Crippen molar-refractivity contribution in [1.82, 2.24) is 24.4 Å². The molecule has 4 aromatic rings. The Labute approximate surface area is 275 Å². The molecular formula is C34H38B2ClFN6O2. The molecule has 1 amide bonds. The van der Waals surface area contributed by atoms with Crippen molar-refractivity contribution in [1.29, 1.82) is 0 Å². The molecule has 0 unspecified atom stereocenters. The third-order valence-electron chi connectivity index (χ3n) is 8.71. The topological polar surface area (TPSA) is 84.2 Å². The van der Waals surface area contributed by atoms with E-state index in [0.717, 1.165) is 11.3 Å². The van der Waals surface area contributed by atoms with Crippen LogP contribution in [-0.2, 0) is 11.2 Å². The Bertz CT molecular complexity index is 1930. The Morgan fingerprint density at radius 2 is 1.89 bits per heavy atom. The lowest BCUT2D eigenvalue weighted by atomic mass is 9.87. The number of hydrogen-bond donors (Lipinski definition) is 0. The van der Waals surface area contributed by atoms with Crippen LogP contribution >= 0.6 is 11.6 Å². The molecule has 46 heavy (non-hydrogen) atoms. The number of piperazine rings is 1. The first kappa shape index (κ1) is 33.1. The van der Waals surface area contributed by atoms with Gasteiger partial charge in [0.2, 0.25) is 5.91 Å². The minimum Gasteiger partial charge on any atom is -0.347 e. The number of hydrogen-bond acceptors (Lipinski definition) is 6. The molecule has 0 aliphatic carbocycles. The lowest BCUT2D eigenvalue weighted by Gasteiger charge is -2.45. The van der Waals surface area contributed by atoms with E-state index in [-0.39, 0.29) is 40.2 Å². The molecule has 1 aliphatic heterocycles. The van der Waals surface area contributed by atoms with Crippen molar-refractivity contribution < 1.29 is 9.18 Å². The number of anilines is 1. The SMILES string of the molecule is B/C=C(\B)C(=O)N1C[C@H](C)N(c2nc(=O)n(-c3c(CC)ccnc3C(C)C)c3nc(-c4c(F)cccc4C=C)c(Cl)cc23)[C@@H](C)C1. The summed E-state index contributed by atoms with van der Waals surface area (Å²) in [6.45, 7) is 14.8. The van der Waals surface area contributed by atoms with Crippen molar-refractivity contribution in [3.05, 3.63) is 92.7 Å². The predicted molar refractivity (Wildman–Crippen MR) is 190 cm³/mol. The summed E-state index contributed by atoms with van der Waals surface area (Å²) in [7, 11) is 3.66. The number of fused-ring (bicyclic) bond motifs is 1. The number of aryl methyl sites for hydroxylation is 1. The number of aromatic nitrogens is 4. The fraction of sp³-hybridized carbons (Fsp3) is 0.324. The molecular weight excluding hydrogens is 600 g/mol. The number of carbonyl (C=O) groups excluding carboxylic acids is 1. The fourth-order valence-electron chi connectivity index (χ4n) is 6.40. The van der Waals surface area contributed by atoms with Crippen molar-refractivity contribution in [2.24, 2.45) is 0 Å². The highest BCUT2D eigenvalue weighted by molar-refractivity contribution is 6.40. The van der Waals surface area contributed by atoms with E-state index in [1.54, 1.807) is 30.5 Å². The number of amides is 1. The maximum atomic E-state index is 15.5. The summed E-state index contributed by atoms with van der Waals surface area (Å²) in [5, 5.41) is 0.742. The van der Waals surface area contributed by atoms with Gasteiger partial charge >= 0.3 is 5.69 Å². The first-order chi connectivity index (χ1) is 21.9. The highest BCUT2D eigenvalue weighted by Crippen LogP contribution is 2.38. The first-order valence-electron chi connectivity index (χ1n) is 15.7. The zero-order chi connectivity index (χ0) is 33.4. The van der Waals surface area contributed by atoms with Gasteiger partial charge in [0.15, 0.2) is 5.65 Å². The van der Waals surface area contributed by atoms with E-state index in [4.69, 9.17) is 21.6 Å². The van der Waals surface area contributed by atoms with Crippen molar-refractivity contribution >= 4 is 56.1 Å². The van der Waals surface area contributed by atoms with E-state index in [9.17, 15) is 9.59 Å². The zero-order valence-electron chi connectivity index (χ0n) is 27.4. The van der Waals surface area contributed by atoms with Gasteiger partial charge in [0, 0.05) is 36.9 Å². The van der Waals surface area contributed by atoms with Crippen LogP contribution in [-0.4, -0.2) is 71.2 Å². The van der Waals surface area contributed by atoms with Gasteiger partial charge < -0.3 is 9.80 Å². The van der Waals surface area contributed by atoms with Gasteiger partial charge in [-0.2, -0.15) is 4.98 Å². The lowest BCUT2D eigenvalue weighted by molar-refractivity contribution is -0.127. The quantitative estimate of drug-likeness (QED) is 0.219. The Balaban J connectivity index is 1.84. The normalized spacial score (nSPS) is 17.2. The molecule has 1 aliphatic rings. The third kappa shape index (κ3) is 5.77. The summed E-state index contributed by atoms with van der Waals surface area (Å²) in [6.07, 6.45) is 3.94. The number of benzene rings is 1. The molecule has 1 saturated heterocycles. The number of nitrogens with zero attached hydrogens (tertiary/aromatic N) is 6. The number of halogens is 2. The van der Waals surface area contributed by atoms with Crippen LogP contribution in [0.1, 0.15) is 57.4 Å². The maximum Gasteiger partial charge on any atom is 0.355 e. The average Bonchev–Trinajstić information content (AvgIpc) is 3.03. The summed E-state index contributed by atoms with van der Waals surface area (Å²) in [5.41, 5.74) is 3.59. The Morgan fingerprint density at radius 3 is 2.50 bits per heavy atom. The second-order valence-electron chi connectivity index (χ2n) is 12.2. The molecule has 1 fully saturated rings. The van der Waals surface area contributed by atoms with Crippen LogP contribution < -0.4 is 10.6 Å². The van der Waals surface area contributed by atoms with E-state index < -0.39 is 11.5 Å². The zero-order valence-corrected chi connectivity index (χ0v) is 28.2. The summed E-state index contributed by atoms with van der Waals surface area (Å²) in [5.74, 6) is 1.69. The van der Waals surface area contributed by atoms with E-state index >= 15 is 4.39 Å². The van der Waals surface area contributed by atoms with Crippen LogP contribution in [0.3, 0.4) is 0 Å². The second kappa shape index (κ2) is 13.2. The van der Waals surface area contributed by atoms with Gasteiger partial charge in [-0.15, -0.1) is 5.98 Å². The van der Waals surface area contributed by atoms with Gasteiger partial charge in [0.05, 0.1) is 27.5 Å². The van der Waals surface area contributed by atoms with Crippen molar-refractivity contribution in [3.63, 3.8) is 0 Å². The Kier molecular flexibility index (Phi) is 9.54. The fourth-order valence-corrected chi connectivity index (χ4v) is 6.64. The first-order valence-corrected chi connectivity index (χ1v) is 16.0. The average molecular weight is 639 g/mol. The molecule has 236 valence electrons. The van der Waals surface area contributed by atoms with E-state index in [2.05, 4.69) is 16.5 Å². The smallest absolute Gasteiger partial charge is 0.347 e. The van der Waals surface area contributed by atoms with Gasteiger partial charge in [-0.05, 0) is 61.0 Å². The molecule has 4 heterocycles. The van der Waals surface area contributed by atoms with Gasteiger partial charge in [-0.25, -0.2) is 18.7 Å². The minimum atomic E-state index is -0.534. The number of rotatable bonds is 7. The van der Waals surface area contributed by atoms with Crippen LogP contribution in [0.15, 0.2) is 59.3 Å². The standard InChI is InChI=1S/C34H38B2ClFN6O2/c1-7-21-10-9-11-26(38)27(21)29-25(37)14-23-31(40-29)44(30-22(8-2)12-13-39-28(30)18(3)4)34(46)41-32(23)43-19(5)16-42(17-20(43)6)33(45)24(36)15-35/h7,9-15,18-20H,1,8,16-17,35-36H2,2-6H3/b24-15-/t19-,20-/m0/s1. The highest BCUT2D eigenvalue weighted by Gasteiger charge is 2.35. The predicted octanol–water partition coefficient (Wildman–Crippen LogP) is 4.50. The molecule has 8 nitrogen and oxygen atoms in total. The molecule has 0 N–H and O–H groups in total. The molecule has 5 rings (SSSR count). The molecule has 12 heteroatoms. The third-order valence-corrected chi connectivity index (χ3v) is 9.00. The molecule has 3 aromatic heterocycles. The van der Waals surface area contributed by atoms with E-state index in [0.29, 0.717) is 53.1 Å². The van der Waals surface area contributed by atoms with E-state index in [1.807, 2.05) is 67.3 Å². The number of pyridine rings is 2. The summed E-state index contributed by atoms with van der Waals surface area (Å²) < 4.78 is 17.0. The Morgan fingerprint density at radius 1 is 1.20 bits per heavy atom. The van der Waals surface area contributed by atoms with Crippen LogP contribution in [0.4, 0.5) is 10.2 Å². The van der Waals surface area contributed by atoms with Crippen LogP contribution in [0.5, 0.6) is 0 Å². The molecule has 0 spiro atoms. The Hall–Kier alpha value is -4.24. The van der Waals surface area contributed by atoms with Gasteiger partial charge in [0.1, 0.15) is 27.3 Å². The van der Waals surface area contributed by atoms with E-state index in [1.165, 1.54) is 10.6 Å². The van der Waals surface area contributed by atoms with Crippen LogP contribution in [0.25, 0.3) is 34.1 Å². The molecule has 0 bridgehead atoms. The molecule has 0 saturated carbocycles. The van der Waals surface area contributed by atoms with Crippen LogP contribution in [0, 0.1) is 5.82 Å². The lowest BCUT2D eigenvalue weighted by Crippen LogP contribution is -2.59. The molecule has 0 radical (unpaired) electrons. The highest BCUT2D eigenvalue weighted by atomic mass is 35.5. The molecule has 1 aromatic carbocycles. The summed E-state index contributed by atoms with van der Waals surface area (Å²) in [4.78, 5) is 45.7. The monoisotopic (exact) mass is 638 g/mol. The maximum absolute atomic E-state index is 15.5. The van der Waals surface area contributed by atoms with Crippen molar-refractivity contribution in [2.75, 3.05) is 18.0 Å². The largest absolute Gasteiger partial charge is 0.355 e. The summed E-state index contributed by atoms with van der Waals surface area (Å²) >= 11 is 6.95. The number of carbonyl (C=O) groups is 1. The second-order valence-corrected chi connectivity index (χ2v) is 12.6.